The molecule has 2 heterocycles. The van der Waals surface area contributed by atoms with Gasteiger partial charge in [0.1, 0.15) is 5.76 Å². The van der Waals surface area contributed by atoms with Gasteiger partial charge in [-0.1, -0.05) is 32.0 Å². The quantitative estimate of drug-likeness (QED) is 0.770. The highest BCUT2D eigenvalue weighted by atomic mass is 16.4. The Morgan fingerprint density at radius 1 is 1.15 bits per heavy atom. The Labute approximate surface area is 159 Å². The number of hydrogen-bond acceptors (Lipinski definition) is 4. The van der Waals surface area contributed by atoms with Crippen molar-refractivity contribution in [1.29, 1.82) is 0 Å². The Hall–Kier alpha value is -2.56. The third-order valence-electron chi connectivity index (χ3n) is 5.73. The van der Waals surface area contributed by atoms with E-state index in [1.54, 1.807) is 0 Å². The molecule has 5 nitrogen and oxygen atoms in total. The van der Waals surface area contributed by atoms with Crippen LogP contribution in [0.4, 0.5) is 5.69 Å². The van der Waals surface area contributed by atoms with Crippen LogP contribution in [0, 0.1) is 12.3 Å². The van der Waals surface area contributed by atoms with Gasteiger partial charge in [0.2, 0.25) is 0 Å². The van der Waals surface area contributed by atoms with Crippen molar-refractivity contribution in [2.75, 3.05) is 25.0 Å². The highest BCUT2D eigenvalue weighted by Crippen LogP contribution is 2.39. The minimum Gasteiger partial charge on any atom is -0.455 e. The van der Waals surface area contributed by atoms with E-state index in [0.29, 0.717) is 48.6 Å². The Morgan fingerprint density at radius 2 is 1.89 bits per heavy atom. The molecule has 27 heavy (non-hydrogen) atoms. The van der Waals surface area contributed by atoms with Gasteiger partial charge in [0.15, 0.2) is 11.5 Å². The van der Waals surface area contributed by atoms with Gasteiger partial charge in [-0.2, -0.15) is 0 Å². The monoisotopic (exact) mass is 366 g/mol. The lowest BCUT2D eigenvalue weighted by Crippen LogP contribution is -2.34. The number of nitrogens with zero attached hydrogens (tertiary/aromatic N) is 2. The number of furan rings is 1. The first-order chi connectivity index (χ1) is 12.8. The van der Waals surface area contributed by atoms with Gasteiger partial charge in [-0.15, -0.1) is 0 Å². The molecular weight excluding hydrogens is 340 g/mol. The van der Waals surface area contributed by atoms with E-state index in [4.69, 9.17) is 4.42 Å². The lowest BCUT2D eigenvalue weighted by Gasteiger charge is -2.27. The summed E-state index contributed by atoms with van der Waals surface area (Å²) in [6, 6.07) is 8.16. The van der Waals surface area contributed by atoms with Gasteiger partial charge in [-0.25, -0.2) is 0 Å². The number of rotatable bonds is 1. The molecule has 2 aliphatic rings. The summed E-state index contributed by atoms with van der Waals surface area (Å²) in [4.78, 5) is 29.9. The van der Waals surface area contributed by atoms with E-state index in [9.17, 15) is 9.59 Å². The second kappa shape index (κ2) is 6.25. The molecule has 1 amide bonds. The molecule has 0 N–H and O–H groups in total. The molecule has 0 bridgehead atoms. The van der Waals surface area contributed by atoms with Crippen molar-refractivity contribution in [1.82, 2.24) is 4.90 Å². The summed E-state index contributed by atoms with van der Waals surface area (Å²) in [5, 5.41) is 0. The van der Waals surface area contributed by atoms with Crippen molar-refractivity contribution in [3.05, 3.63) is 52.5 Å². The van der Waals surface area contributed by atoms with E-state index >= 15 is 0 Å². The molecule has 0 unspecified atom stereocenters. The number of amides is 1. The van der Waals surface area contributed by atoms with E-state index in [1.807, 2.05) is 31.0 Å². The number of para-hydroxylation sites is 1. The second-order valence-electron chi connectivity index (χ2n) is 8.57. The molecule has 0 radical (unpaired) electrons. The standard InChI is InChI=1S/C22H26N2O3/c1-14-19-17(25)11-22(2,3)12-18(19)27-20(14)21(26)24-10-9-23(4)16-8-6-5-7-15(16)13-24/h5-8H,9-13H2,1-4H3. The van der Waals surface area contributed by atoms with E-state index in [-0.39, 0.29) is 17.1 Å². The van der Waals surface area contributed by atoms with Crippen LogP contribution in [-0.4, -0.2) is 36.7 Å². The molecule has 1 aromatic heterocycles. The molecule has 2 aromatic rings. The van der Waals surface area contributed by atoms with Gasteiger partial charge in [-0.3, -0.25) is 9.59 Å². The molecule has 5 heteroatoms. The summed E-state index contributed by atoms with van der Waals surface area (Å²) < 4.78 is 5.99. The topological polar surface area (TPSA) is 53.8 Å². The lowest BCUT2D eigenvalue weighted by molar-refractivity contribution is 0.0713. The van der Waals surface area contributed by atoms with Crippen molar-refractivity contribution in [2.45, 2.75) is 40.2 Å². The molecular formula is C22H26N2O3. The Kier molecular flexibility index (Phi) is 4.13. The molecule has 0 saturated carbocycles. The third kappa shape index (κ3) is 3.05. The maximum absolute atomic E-state index is 13.3. The number of carbonyl (C=O) groups is 2. The van der Waals surface area contributed by atoms with Crippen LogP contribution in [0.25, 0.3) is 0 Å². The van der Waals surface area contributed by atoms with Crippen LogP contribution in [0.2, 0.25) is 0 Å². The first-order valence-corrected chi connectivity index (χ1v) is 9.50. The Bertz CT molecular complexity index is 926. The molecule has 1 aromatic carbocycles. The van der Waals surface area contributed by atoms with E-state index in [2.05, 4.69) is 30.9 Å². The van der Waals surface area contributed by atoms with Gasteiger partial charge in [0.05, 0.1) is 5.56 Å². The zero-order valence-electron chi connectivity index (χ0n) is 16.5. The Balaban J connectivity index is 1.67. The number of benzene rings is 1. The largest absolute Gasteiger partial charge is 0.455 e. The third-order valence-corrected chi connectivity index (χ3v) is 5.73. The van der Waals surface area contributed by atoms with Crippen molar-refractivity contribution in [3.63, 3.8) is 0 Å². The average molecular weight is 366 g/mol. The fraction of sp³-hybridized carbons (Fsp3) is 0.455. The van der Waals surface area contributed by atoms with Crippen molar-refractivity contribution in [2.24, 2.45) is 5.41 Å². The smallest absolute Gasteiger partial charge is 0.290 e. The zero-order chi connectivity index (χ0) is 19.3. The summed E-state index contributed by atoms with van der Waals surface area (Å²) in [5.74, 6) is 0.956. The summed E-state index contributed by atoms with van der Waals surface area (Å²) in [6.45, 7) is 7.89. The van der Waals surface area contributed by atoms with E-state index in [0.717, 1.165) is 17.8 Å². The van der Waals surface area contributed by atoms with Crippen LogP contribution in [-0.2, 0) is 13.0 Å². The Morgan fingerprint density at radius 3 is 2.67 bits per heavy atom. The maximum Gasteiger partial charge on any atom is 0.290 e. The minimum absolute atomic E-state index is 0.0856. The van der Waals surface area contributed by atoms with Crippen LogP contribution in [0.1, 0.15) is 58.1 Å². The fourth-order valence-corrected chi connectivity index (χ4v) is 4.30. The number of likely N-dealkylation sites (N-methyl/N-ethyl adjacent to an activating group) is 1. The van der Waals surface area contributed by atoms with Crippen molar-refractivity contribution in [3.8, 4) is 0 Å². The average Bonchev–Trinajstić information content (AvgIpc) is 2.82. The van der Waals surface area contributed by atoms with Crippen LogP contribution in [0.15, 0.2) is 28.7 Å². The van der Waals surface area contributed by atoms with E-state index in [1.165, 1.54) is 0 Å². The first kappa shape index (κ1) is 17.8. The number of carbonyl (C=O) groups excluding carboxylic acids is 2. The summed E-state index contributed by atoms with van der Waals surface area (Å²) in [5.41, 5.74) is 3.47. The molecule has 0 spiro atoms. The summed E-state index contributed by atoms with van der Waals surface area (Å²) >= 11 is 0. The van der Waals surface area contributed by atoms with Gasteiger partial charge in [0.25, 0.3) is 5.91 Å². The molecule has 0 fully saturated rings. The van der Waals surface area contributed by atoms with Crippen molar-refractivity contribution >= 4 is 17.4 Å². The maximum atomic E-state index is 13.3. The molecule has 142 valence electrons. The molecule has 0 atom stereocenters. The lowest BCUT2D eigenvalue weighted by atomic mass is 9.76. The van der Waals surface area contributed by atoms with Gasteiger partial charge >= 0.3 is 0 Å². The van der Waals surface area contributed by atoms with Crippen LogP contribution in [0.5, 0.6) is 0 Å². The molecule has 0 saturated heterocycles. The van der Waals surface area contributed by atoms with E-state index < -0.39 is 0 Å². The molecule has 1 aliphatic carbocycles. The van der Waals surface area contributed by atoms with Crippen LogP contribution >= 0.6 is 0 Å². The second-order valence-corrected chi connectivity index (χ2v) is 8.57. The molecule has 4 rings (SSSR count). The van der Waals surface area contributed by atoms with Crippen molar-refractivity contribution < 1.29 is 14.0 Å². The van der Waals surface area contributed by atoms with Gasteiger partial charge in [-0.05, 0) is 24.0 Å². The fourth-order valence-electron chi connectivity index (χ4n) is 4.30. The SMILES string of the molecule is Cc1c(C(=O)N2CCN(C)c3ccccc3C2)oc2c1C(=O)CC(C)(C)C2. The minimum atomic E-state index is -0.127. The normalized spacial score (nSPS) is 18.7. The highest BCUT2D eigenvalue weighted by molar-refractivity contribution is 6.03. The van der Waals surface area contributed by atoms with Crippen LogP contribution in [0.3, 0.4) is 0 Å². The highest BCUT2D eigenvalue weighted by Gasteiger charge is 2.38. The zero-order valence-corrected chi connectivity index (χ0v) is 16.5. The number of anilines is 1. The summed E-state index contributed by atoms with van der Waals surface area (Å²) in [6.07, 6.45) is 1.18. The first-order valence-electron chi connectivity index (χ1n) is 9.50. The molecule has 1 aliphatic heterocycles. The van der Waals surface area contributed by atoms with Gasteiger partial charge in [0, 0.05) is 50.8 Å². The summed E-state index contributed by atoms with van der Waals surface area (Å²) in [7, 11) is 2.05. The predicted octanol–water partition coefficient (Wildman–Crippen LogP) is 3.84. The van der Waals surface area contributed by atoms with Gasteiger partial charge < -0.3 is 14.2 Å². The number of Topliss-reactive ketones (excluding diaryl/α,β-unsaturated/α-hetero) is 1. The number of hydrogen-bond donors (Lipinski definition) is 0. The number of ketones is 1. The van der Waals surface area contributed by atoms with Crippen LogP contribution < -0.4 is 4.90 Å². The predicted molar refractivity (Wildman–Crippen MR) is 104 cm³/mol. The number of fused-ring (bicyclic) bond motifs is 2.